The van der Waals surface area contributed by atoms with Crippen LogP contribution in [0.15, 0.2) is 35.4 Å². The molecule has 1 aromatic heterocycles. The van der Waals surface area contributed by atoms with Crippen LogP contribution in [-0.2, 0) is 6.54 Å². The van der Waals surface area contributed by atoms with E-state index < -0.39 is 6.10 Å². The number of aliphatic hydroxyl groups excluding tert-OH is 1. The quantitative estimate of drug-likeness (QED) is 0.731. The molecule has 2 rings (SSSR count). The van der Waals surface area contributed by atoms with Gasteiger partial charge in [-0.3, -0.25) is 0 Å². The minimum absolute atomic E-state index is 0.406. The molecule has 0 aliphatic rings. The smallest absolute Gasteiger partial charge is 0.240 e. The summed E-state index contributed by atoms with van der Waals surface area (Å²) in [5.41, 5.74) is 1.82. The minimum atomic E-state index is -0.406. The average Bonchev–Trinajstić information content (AvgIpc) is 2.97. The first kappa shape index (κ1) is 16.7. The van der Waals surface area contributed by atoms with Crippen LogP contribution in [0.1, 0.15) is 24.3 Å². The molecule has 1 unspecified atom stereocenters. The van der Waals surface area contributed by atoms with Crippen LogP contribution >= 0.6 is 11.6 Å². The van der Waals surface area contributed by atoms with Crippen LogP contribution in [0.2, 0.25) is 5.02 Å². The number of halogens is 1. The predicted molar refractivity (Wildman–Crippen MR) is 86.6 cm³/mol. The predicted octanol–water partition coefficient (Wildman–Crippen LogP) is 3.12. The van der Waals surface area contributed by atoms with Gasteiger partial charge in [0.2, 0.25) is 11.7 Å². The molecular formula is C16H20ClN3O2. The van der Waals surface area contributed by atoms with Gasteiger partial charge in [0.05, 0.1) is 12.6 Å². The van der Waals surface area contributed by atoms with Crippen molar-refractivity contribution in [1.82, 2.24) is 15.5 Å². The maximum Gasteiger partial charge on any atom is 0.240 e. The van der Waals surface area contributed by atoms with Crippen molar-refractivity contribution in [3.8, 4) is 11.4 Å². The molecule has 6 heteroatoms. The number of hydrogen-bond acceptors (Lipinski definition) is 5. The molecule has 1 aromatic carbocycles. The number of allylic oxidation sites excluding steroid dienone is 1. The van der Waals surface area contributed by atoms with Crippen LogP contribution < -0.4 is 5.32 Å². The normalized spacial score (nSPS) is 12.3. The number of rotatable bonds is 8. The lowest BCUT2D eigenvalue weighted by molar-refractivity contribution is 0.161. The summed E-state index contributed by atoms with van der Waals surface area (Å²) < 4.78 is 5.19. The number of nitrogens with one attached hydrogen (secondary N) is 1. The van der Waals surface area contributed by atoms with E-state index >= 15 is 0 Å². The molecule has 5 nitrogen and oxygen atoms in total. The van der Waals surface area contributed by atoms with Gasteiger partial charge in [-0.1, -0.05) is 35.0 Å². The molecule has 22 heavy (non-hydrogen) atoms. The zero-order chi connectivity index (χ0) is 15.9. The van der Waals surface area contributed by atoms with Crippen molar-refractivity contribution in [2.45, 2.75) is 32.4 Å². The largest absolute Gasteiger partial charge is 0.392 e. The maximum absolute atomic E-state index is 9.71. The van der Waals surface area contributed by atoms with Crippen LogP contribution in [0.4, 0.5) is 0 Å². The third kappa shape index (κ3) is 4.66. The Kier molecular flexibility index (Phi) is 6.12. The van der Waals surface area contributed by atoms with Crippen molar-refractivity contribution in [3.63, 3.8) is 0 Å². The summed E-state index contributed by atoms with van der Waals surface area (Å²) in [6.07, 6.45) is 2.87. The van der Waals surface area contributed by atoms with E-state index in [1.165, 1.54) is 0 Å². The Balaban J connectivity index is 1.88. The van der Waals surface area contributed by atoms with Gasteiger partial charge in [0.25, 0.3) is 0 Å². The van der Waals surface area contributed by atoms with Crippen molar-refractivity contribution >= 4 is 11.6 Å². The van der Waals surface area contributed by atoms with Crippen LogP contribution in [0.25, 0.3) is 11.4 Å². The topological polar surface area (TPSA) is 71.2 Å². The van der Waals surface area contributed by atoms with Crippen molar-refractivity contribution in [2.75, 3.05) is 6.54 Å². The standard InChI is InChI=1S/C16H20ClN3O2/c1-3-4-5-13(21)9-18-10-15-19-16(20-22-15)12-7-6-11(2)14(17)8-12/h3,6-8,13,18,21H,1,4-5,9-10H2,2H3. The van der Waals surface area contributed by atoms with E-state index in [2.05, 4.69) is 22.0 Å². The van der Waals surface area contributed by atoms with Gasteiger partial charge in [-0.25, -0.2) is 0 Å². The van der Waals surface area contributed by atoms with E-state index in [-0.39, 0.29) is 0 Å². The molecule has 0 radical (unpaired) electrons. The third-order valence-electron chi connectivity index (χ3n) is 3.26. The van der Waals surface area contributed by atoms with Crippen molar-refractivity contribution in [3.05, 3.63) is 47.3 Å². The fraction of sp³-hybridized carbons (Fsp3) is 0.375. The van der Waals surface area contributed by atoms with E-state index in [9.17, 15) is 5.11 Å². The highest BCUT2D eigenvalue weighted by atomic mass is 35.5. The third-order valence-corrected chi connectivity index (χ3v) is 3.67. The van der Waals surface area contributed by atoms with Crippen LogP contribution in [0.3, 0.4) is 0 Å². The number of nitrogens with zero attached hydrogens (tertiary/aromatic N) is 2. The van der Waals surface area contributed by atoms with Gasteiger partial charge in [0.15, 0.2) is 0 Å². The summed E-state index contributed by atoms with van der Waals surface area (Å²) in [5, 5.41) is 17.4. The molecule has 2 aromatic rings. The first-order chi connectivity index (χ1) is 10.6. The summed E-state index contributed by atoms with van der Waals surface area (Å²) in [5.74, 6) is 0.980. The molecule has 0 saturated heterocycles. The van der Waals surface area contributed by atoms with E-state index in [1.54, 1.807) is 6.08 Å². The summed E-state index contributed by atoms with van der Waals surface area (Å²) in [6.45, 7) is 6.46. The van der Waals surface area contributed by atoms with Crippen LogP contribution in [0.5, 0.6) is 0 Å². The van der Waals surface area contributed by atoms with Crippen molar-refractivity contribution < 1.29 is 9.63 Å². The highest BCUT2D eigenvalue weighted by molar-refractivity contribution is 6.31. The summed E-state index contributed by atoms with van der Waals surface area (Å²) >= 11 is 6.10. The molecule has 118 valence electrons. The molecule has 0 spiro atoms. The monoisotopic (exact) mass is 321 g/mol. The number of hydrogen-bond donors (Lipinski definition) is 2. The molecule has 1 atom stereocenters. The molecule has 0 fully saturated rings. The molecule has 2 N–H and O–H groups in total. The molecule has 0 aliphatic carbocycles. The van der Waals surface area contributed by atoms with Gasteiger partial charge in [0, 0.05) is 17.1 Å². The molecule has 0 saturated carbocycles. The van der Waals surface area contributed by atoms with E-state index in [0.717, 1.165) is 17.5 Å². The Bertz CT molecular complexity index is 628. The lowest BCUT2D eigenvalue weighted by Crippen LogP contribution is -2.26. The zero-order valence-electron chi connectivity index (χ0n) is 12.6. The lowest BCUT2D eigenvalue weighted by Gasteiger charge is -2.08. The fourth-order valence-electron chi connectivity index (χ4n) is 1.93. The molecule has 0 amide bonds. The second kappa shape index (κ2) is 8.08. The number of aryl methyl sites for hydroxylation is 1. The van der Waals surface area contributed by atoms with Gasteiger partial charge in [-0.05, 0) is 31.4 Å². The number of aromatic nitrogens is 2. The summed E-state index contributed by atoms with van der Waals surface area (Å²) in [6, 6.07) is 5.64. The molecule has 1 heterocycles. The zero-order valence-corrected chi connectivity index (χ0v) is 13.3. The molecule has 0 aliphatic heterocycles. The Hall–Kier alpha value is -1.69. The molecule has 0 bridgehead atoms. The Morgan fingerprint density at radius 2 is 2.32 bits per heavy atom. The maximum atomic E-state index is 9.71. The lowest BCUT2D eigenvalue weighted by atomic mass is 10.1. The number of aliphatic hydroxyl groups is 1. The summed E-state index contributed by atoms with van der Waals surface area (Å²) in [7, 11) is 0. The highest BCUT2D eigenvalue weighted by Gasteiger charge is 2.10. The van der Waals surface area contributed by atoms with Gasteiger partial charge >= 0.3 is 0 Å². The second-order valence-electron chi connectivity index (χ2n) is 5.13. The molecular weight excluding hydrogens is 302 g/mol. The van der Waals surface area contributed by atoms with Gasteiger partial charge in [-0.2, -0.15) is 4.98 Å². The fourth-order valence-corrected chi connectivity index (χ4v) is 2.11. The average molecular weight is 322 g/mol. The first-order valence-corrected chi connectivity index (χ1v) is 7.56. The second-order valence-corrected chi connectivity index (χ2v) is 5.53. The van der Waals surface area contributed by atoms with E-state index in [0.29, 0.717) is 36.2 Å². The number of benzene rings is 1. The highest BCUT2D eigenvalue weighted by Crippen LogP contribution is 2.23. The van der Waals surface area contributed by atoms with E-state index in [4.69, 9.17) is 16.1 Å². The Morgan fingerprint density at radius 1 is 1.50 bits per heavy atom. The van der Waals surface area contributed by atoms with Gasteiger partial charge in [-0.15, -0.1) is 6.58 Å². The van der Waals surface area contributed by atoms with Gasteiger partial charge < -0.3 is 14.9 Å². The van der Waals surface area contributed by atoms with Crippen molar-refractivity contribution in [2.24, 2.45) is 0 Å². The van der Waals surface area contributed by atoms with Crippen LogP contribution in [-0.4, -0.2) is 27.9 Å². The first-order valence-electron chi connectivity index (χ1n) is 7.19. The SMILES string of the molecule is C=CCCC(O)CNCc1nc(-c2ccc(C)c(Cl)c2)no1. The Morgan fingerprint density at radius 3 is 3.05 bits per heavy atom. The Labute approximate surface area is 135 Å². The van der Waals surface area contributed by atoms with E-state index in [1.807, 2.05) is 25.1 Å². The summed E-state index contributed by atoms with van der Waals surface area (Å²) in [4.78, 5) is 4.31. The van der Waals surface area contributed by atoms with Crippen LogP contribution in [0, 0.1) is 6.92 Å². The minimum Gasteiger partial charge on any atom is -0.392 e. The van der Waals surface area contributed by atoms with Gasteiger partial charge in [0.1, 0.15) is 0 Å². The van der Waals surface area contributed by atoms with Crippen molar-refractivity contribution in [1.29, 1.82) is 0 Å².